The van der Waals surface area contributed by atoms with Crippen LogP contribution in [0.3, 0.4) is 0 Å². The number of hydrogen-bond acceptors (Lipinski definition) is 20. The molecule has 9 rings (SSSR count). The van der Waals surface area contributed by atoms with Gasteiger partial charge < -0.3 is 68.5 Å². The molecule has 3 aliphatic heterocycles. The lowest BCUT2D eigenvalue weighted by Gasteiger charge is -2.29. The Labute approximate surface area is 553 Å². The van der Waals surface area contributed by atoms with Gasteiger partial charge in [0.2, 0.25) is 0 Å². The number of aliphatic hydroxyl groups excluding tert-OH is 6. The third-order valence-corrected chi connectivity index (χ3v) is 15.8. The molecule has 6 N–H and O–H groups in total. The summed E-state index contributed by atoms with van der Waals surface area (Å²) in [7, 11) is 0. The summed E-state index contributed by atoms with van der Waals surface area (Å²) in [6, 6.07) is 25.9. The number of ether oxygens (including phenoxy) is 8. The van der Waals surface area contributed by atoms with Crippen molar-refractivity contribution in [3.8, 4) is 5.75 Å². The first-order chi connectivity index (χ1) is 45.7. The summed E-state index contributed by atoms with van der Waals surface area (Å²) in [5.41, 5.74) is 6.64. The minimum absolute atomic E-state index is 0.000909. The number of carbonyl (C=O) groups excluding carboxylic acids is 6. The maximum atomic E-state index is 12.5. The first kappa shape index (κ1) is 73.1. The second kappa shape index (κ2) is 37.0. The Bertz CT molecular complexity index is 3470. The van der Waals surface area contributed by atoms with E-state index in [1.165, 1.54) is 6.92 Å². The molecule has 0 bridgehead atoms. The highest BCUT2D eigenvalue weighted by Crippen LogP contribution is 2.36. The topological polar surface area (TPSA) is 298 Å². The Morgan fingerprint density at radius 1 is 0.505 bits per heavy atom. The van der Waals surface area contributed by atoms with Crippen molar-refractivity contribution >= 4 is 52.5 Å². The molecule has 20 heteroatoms. The third-order valence-electron chi connectivity index (χ3n) is 15.8. The van der Waals surface area contributed by atoms with Crippen LogP contribution in [0.15, 0.2) is 212 Å². The molecule has 504 valence electrons. The molecule has 3 aliphatic carbocycles. The highest BCUT2D eigenvalue weighted by atomic mass is 16.6. The Morgan fingerprint density at radius 2 is 0.926 bits per heavy atom. The number of rotatable bonds is 30. The predicted octanol–water partition coefficient (Wildman–Crippen LogP) is 8.56. The van der Waals surface area contributed by atoms with Crippen molar-refractivity contribution in [3.05, 3.63) is 228 Å². The number of carbonyl (C=O) groups is 6. The molecular formula is C75H84O20. The summed E-state index contributed by atoms with van der Waals surface area (Å²) in [5.74, 6) is -1.83. The summed E-state index contributed by atoms with van der Waals surface area (Å²) in [6.07, 6.45) is 22.1. The molecule has 11 atom stereocenters. The molecule has 0 radical (unpaired) electrons. The van der Waals surface area contributed by atoms with Crippen LogP contribution in [0.1, 0.15) is 81.9 Å². The van der Waals surface area contributed by atoms with Crippen molar-refractivity contribution in [2.24, 2.45) is 17.8 Å². The average molecular weight is 1310 g/mol. The molecule has 3 heterocycles. The van der Waals surface area contributed by atoms with E-state index in [0.29, 0.717) is 77.9 Å². The summed E-state index contributed by atoms with van der Waals surface area (Å²) in [4.78, 5) is 71.1. The zero-order valence-electron chi connectivity index (χ0n) is 53.4. The van der Waals surface area contributed by atoms with Crippen LogP contribution in [0.2, 0.25) is 0 Å². The fourth-order valence-electron chi connectivity index (χ4n) is 10.5. The third kappa shape index (κ3) is 22.7. The molecule has 20 nitrogen and oxygen atoms in total. The van der Waals surface area contributed by atoms with Crippen LogP contribution >= 0.6 is 0 Å². The smallest absolute Gasteiger partial charge is 0.339 e. The van der Waals surface area contributed by atoms with E-state index in [9.17, 15) is 54.3 Å². The maximum absolute atomic E-state index is 12.5. The largest absolute Gasteiger partial charge is 0.491 e. The van der Waals surface area contributed by atoms with Gasteiger partial charge in [-0.2, -0.15) is 0 Å². The summed E-state index contributed by atoms with van der Waals surface area (Å²) in [6.45, 7) is 13.2. The highest BCUT2D eigenvalue weighted by molar-refractivity contribution is 6.18. The standard InChI is InChI=1S/C26H30O6.C25H28O6.C24H26O8/c1-17(2)25(29)31-14-13-23(28)22(27)10-6-7-18-11-12-20-16-21(19-8-4-3-5-9-19)26(30)32-24(20)15-18;1-2-24(28)30-14-13-22(27)21(26)10-6-7-17-11-12-19-16-20(18-8-4-3-5-9-18)25(29)31-23(19)15-17;1-15(2)23(27)31-14-18(26)13-30-20-8-5-17-11-21(24(28)32-22(17)12-20)16-3-6-19(7-4-16)29-10-9-25/h3-5,8-9,11-12,15-16,20,22-24,27-28H,1,6-7,10,13-14H2,2H3;2-5,8-9,11-12,15-16,19,21-23,26-27H,1,6-7,10,13-14H2;3-8,11-12,17-18,22,25-26H,1,9-10,13-14H2,2H3. The van der Waals surface area contributed by atoms with E-state index in [0.717, 1.165) is 28.3 Å². The van der Waals surface area contributed by atoms with Crippen molar-refractivity contribution in [2.75, 3.05) is 39.6 Å². The van der Waals surface area contributed by atoms with Gasteiger partial charge in [-0.05, 0) is 117 Å². The van der Waals surface area contributed by atoms with Crippen molar-refractivity contribution < 1.29 is 97.3 Å². The number of allylic oxidation sites excluding steroid dienone is 5. The van der Waals surface area contributed by atoms with E-state index < -0.39 is 60.5 Å². The SMILES string of the molecule is C=C(C)C(=O)OCC(O)COC1=CC2OC(=O)C(c3ccc(OCCO)cc3)=CC2C=C1.C=C(C)C(=O)OCCC(O)C(O)CCCC1=CC2OC(=O)C(c3ccccc3)=CC2C=C1.C=CC(=O)OCCC(O)C(O)CCCC1=CC2OC(=O)C(c3ccccc3)=CC2C=C1. The van der Waals surface area contributed by atoms with Gasteiger partial charge in [0, 0.05) is 47.8 Å². The Morgan fingerprint density at radius 3 is 1.38 bits per heavy atom. The fourth-order valence-corrected chi connectivity index (χ4v) is 10.5. The summed E-state index contributed by atoms with van der Waals surface area (Å²) < 4.78 is 42.4. The normalized spacial score (nSPS) is 21.2. The minimum Gasteiger partial charge on any atom is -0.491 e. The first-order valence-corrected chi connectivity index (χ1v) is 31.6. The van der Waals surface area contributed by atoms with Crippen LogP contribution in [-0.2, 0) is 61.9 Å². The van der Waals surface area contributed by atoms with E-state index in [1.807, 2.05) is 121 Å². The number of fused-ring (bicyclic) bond motifs is 3. The molecular weight excluding hydrogens is 1220 g/mol. The van der Waals surface area contributed by atoms with Crippen molar-refractivity contribution in [1.82, 2.24) is 0 Å². The molecule has 0 saturated heterocycles. The van der Waals surface area contributed by atoms with Gasteiger partial charge in [-0.3, -0.25) is 0 Å². The van der Waals surface area contributed by atoms with E-state index in [1.54, 1.807) is 43.3 Å². The van der Waals surface area contributed by atoms with Crippen LogP contribution in [0.25, 0.3) is 16.7 Å². The Balaban J connectivity index is 0.000000201. The van der Waals surface area contributed by atoms with E-state index in [2.05, 4.69) is 19.7 Å². The van der Waals surface area contributed by atoms with Gasteiger partial charge in [0.05, 0.1) is 61.0 Å². The van der Waals surface area contributed by atoms with Crippen LogP contribution in [0, 0.1) is 17.8 Å². The zero-order valence-corrected chi connectivity index (χ0v) is 53.4. The van der Waals surface area contributed by atoms with Crippen molar-refractivity contribution in [3.63, 3.8) is 0 Å². The van der Waals surface area contributed by atoms with Gasteiger partial charge in [0.1, 0.15) is 55.7 Å². The lowest BCUT2D eigenvalue weighted by molar-refractivity contribution is -0.143. The summed E-state index contributed by atoms with van der Waals surface area (Å²) in [5, 5.41) is 59.0. The highest BCUT2D eigenvalue weighted by Gasteiger charge is 2.35. The maximum Gasteiger partial charge on any atom is 0.339 e. The quantitative estimate of drug-likeness (QED) is 0.0207. The molecule has 0 aromatic heterocycles. The van der Waals surface area contributed by atoms with E-state index in [-0.39, 0.29) is 100.0 Å². The van der Waals surface area contributed by atoms with Gasteiger partial charge in [-0.1, -0.05) is 141 Å². The van der Waals surface area contributed by atoms with E-state index in [4.69, 9.17) is 43.0 Å². The fraction of sp³-hybridized carbons (Fsp3) is 0.360. The number of esters is 6. The molecule has 3 aromatic carbocycles. The predicted molar refractivity (Wildman–Crippen MR) is 353 cm³/mol. The van der Waals surface area contributed by atoms with Crippen LogP contribution in [0.4, 0.5) is 0 Å². The second-order valence-corrected chi connectivity index (χ2v) is 23.3. The van der Waals surface area contributed by atoms with Crippen molar-refractivity contribution in [2.45, 2.75) is 114 Å². The van der Waals surface area contributed by atoms with Gasteiger partial charge in [-0.25, -0.2) is 28.8 Å². The molecule has 6 aliphatic rings. The lowest BCUT2D eigenvalue weighted by Crippen LogP contribution is -2.31. The molecule has 3 aromatic rings. The Hall–Kier alpha value is -9.28. The average Bonchev–Trinajstić information content (AvgIpc) is 0.826. The van der Waals surface area contributed by atoms with Gasteiger partial charge in [-0.15, -0.1) is 0 Å². The number of aliphatic hydroxyl groups is 6. The summed E-state index contributed by atoms with van der Waals surface area (Å²) >= 11 is 0. The van der Waals surface area contributed by atoms with Gasteiger partial charge in [0.25, 0.3) is 0 Å². The van der Waals surface area contributed by atoms with E-state index >= 15 is 0 Å². The molecule has 0 saturated carbocycles. The Kier molecular flexibility index (Phi) is 28.5. The van der Waals surface area contributed by atoms with Crippen LogP contribution < -0.4 is 4.74 Å². The second-order valence-electron chi connectivity index (χ2n) is 23.3. The molecule has 0 spiro atoms. The number of benzene rings is 3. The first-order valence-electron chi connectivity index (χ1n) is 31.6. The lowest BCUT2D eigenvalue weighted by atomic mass is 9.87. The molecule has 11 unspecified atom stereocenters. The van der Waals surface area contributed by atoms with Crippen LogP contribution in [0.5, 0.6) is 5.75 Å². The molecule has 95 heavy (non-hydrogen) atoms. The van der Waals surface area contributed by atoms with Gasteiger partial charge >= 0.3 is 35.8 Å². The number of hydrogen-bond donors (Lipinski definition) is 6. The minimum atomic E-state index is -1.00. The molecule has 0 amide bonds. The van der Waals surface area contributed by atoms with Crippen LogP contribution in [-0.4, -0.2) is 155 Å². The van der Waals surface area contributed by atoms with Crippen molar-refractivity contribution in [1.29, 1.82) is 0 Å². The monoisotopic (exact) mass is 1300 g/mol. The van der Waals surface area contributed by atoms with Gasteiger partial charge in [0.15, 0.2) is 0 Å². The zero-order chi connectivity index (χ0) is 68.4. The molecule has 0 fully saturated rings.